The molecule has 2 N–H and O–H groups in total. The first kappa shape index (κ1) is 17.5. The number of nitrogens with one attached hydrogen (secondary N) is 2. The number of carbonyl (C=O) groups excluding carboxylic acids is 1. The Labute approximate surface area is 149 Å². The number of imidazole rings is 1. The summed E-state index contributed by atoms with van der Waals surface area (Å²) in [5.41, 5.74) is 3.42. The minimum atomic E-state index is 0.00505. The van der Waals surface area contributed by atoms with Crippen molar-refractivity contribution in [2.45, 2.75) is 38.9 Å². The number of carbonyl (C=O) groups is 1. The maximum absolute atomic E-state index is 12.4. The highest BCUT2D eigenvalue weighted by molar-refractivity contribution is 5.74. The van der Waals surface area contributed by atoms with E-state index in [2.05, 4.69) is 39.2 Å². The maximum atomic E-state index is 12.4. The first-order valence-electron chi connectivity index (χ1n) is 8.91. The Hall–Kier alpha value is -2.34. The average Bonchev–Trinajstić information content (AvgIpc) is 3.05. The molecule has 3 rings (SSSR count). The molecule has 2 heterocycles. The first-order chi connectivity index (χ1) is 12.2. The molecule has 0 spiro atoms. The summed E-state index contributed by atoms with van der Waals surface area (Å²) >= 11 is 0. The largest absolute Gasteiger partial charge is 0.348 e. The van der Waals surface area contributed by atoms with Gasteiger partial charge in [0.05, 0.1) is 12.0 Å². The molecule has 1 aromatic heterocycles. The second-order valence-electron chi connectivity index (χ2n) is 6.65. The third kappa shape index (κ3) is 4.39. The fraction of sp³-hybridized carbons (Fsp3) is 0.474. The Morgan fingerprint density at radius 1 is 1.32 bits per heavy atom. The fourth-order valence-corrected chi connectivity index (χ4v) is 3.44. The molecule has 0 atom stereocenters. The molecule has 0 radical (unpaired) electrons. The van der Waals surface area contributed by atoms with Crippen LogP contribution in [-0.4, -0.2) is 52.0 Å². The lowest BCUT2D eigenvalue weighted by atomic mass is 10.0. The van der Waals surface area contributed by atoms with E-state index in [-0.39, 0.29) is 12.1 Å². The van der Waals surface area contributed by atoms with E-state index < -0.39 is 0 Å². The van der Waals surface area contributed by atoms with Gasteiger partial charge in [-0.1, -0.05) is 30.3 Å². The lowest BCUT2D eigenvalue weighted by Crippen LogP contribution is -2.49. The van der Waals surface area contributed by atoms with Crippen LogP contribution in [0.1, 0.15) is 29.8 Å². The number of benzene rings is 1. The Bertz CT molecular complexity index is 676. The van der Waals surface area contributed by atoms with Gasteiger partial charge in [-0.15, -0.1) is 0 Å². The van der Waals surface area contributed by atoms with Crippen LogP contribution in [0.4, 0.5) is 4.79 Å². The van der Waals surface area contributed by atoms with Gasteiger partial charge >= 0.3 is 6.03 Å². The molecule has 6 heteroatoms. The van der Waals surface area contributed by atoms with Crippen molar-refractivity contribution in [1.82, 2.24) is 25.1 Å². The quantitative estimate of drug-likeness (QED) is 0.878. The van der Waals surface area contributed by atoms with Gasteiger partial charge in [0.1, 0.15) is 0 Å². The lowest BCUT2D eigenvalue weighted by Gasteiger charge is -2.38. The maximum Gasteiger partial charge on any atom is 0.317 e. The number of H-pyrrole nitrogens is 1. The van der Waals surface area contributed by atoms with Crippen molar-refractivity contribution in [3.63, 3.8) is 0 Å². The number of likely N-dealkylation sites (tertiary alicyclic amines) is 1. The SMILES string of the molecule is CNC(=O)N(Cc1ccccc1)C1CCN(Cc2nc[nH]c2C)CC1. The molecule has 0 bridgehead atoms. The molecular formula is C19H27N5O. The zero-order valence-corrected chi connectivity index (χ0v) is 15.0. The van der Waals surface area contributed by atoms with Gasteiger partial charge in [-0.2, -0.15) is 0 Å². The zero-order chi connectivity index (χ0) is 17.6. The monoisotopic (exact) mass is 341 g/mol. The Morgan fingerprint density at radius 3 is 2.64 bits per heavy atom. The van der Waals surface area contributed by atoms with E-state index in [0.29, 0.717) is 6.54 Å². The predicted molar refractivity (Wildman–Crippen MR) is 98.1 cm³/mol. The van der Waals surface area contributed by atoms with E-state index in [4.69, 9.17) is 0 Å². The van der Waals surface area contributed by atoms with Crippen LogP contribution in [0, 0.1) is 6.92 Å². The van der Waals surface area contributed by atoms with Crippen LogP contribution < -0.4 is 5.32 Å². The van der Waals surface area contributed by atoms with Crippen molar-refractivity contribution in [1.29, 1.82) is 0 Å². The van der Waals surface area contributed by atoms with Crippen LogP contribution in [0.5, 0.6) is 0 Å². The summed E-state index contributed by atoms with van der Waals surface area (Å²) in [4.78, 5) is 24.3. The number of piperidine rings is 1. The molecular weight excluding hydrogens is 314 g/mol. The Balaban J connectivity index is 1.60. The van der Waals surface area contributed by atoms with E-state index in [1.165, 1.54) is 5.56 Å². The van der Waals surface area contributed by atoms with Crippen LogP contribution in [-0.2, 0) is 13.1 Å². The van der Waals surface area contributed by atoms with Gasteiger partial charge in [-0.25, -0.2) is 9.78 Å². The van der Waals surface area contributed by atoms with Crippen LogP contribution in [0.25, 0.3) is 0 Å². The van der Waals surface area contributed by atoms with Crippen LogP contribution in [0.15, 0.2) is 36.7 Å². The van der Waals surface area contributed by atoms with Gasteiger partial charge < -0.3 is 15.2 Å². The topological polar surface area (TPSA) is 64.3 Å². The van der Waals surface area contributed by atoms with E-state index in [1.54, 1.807) is 13.4 Å². The van der Waals surface area contributed by atoms with Gasteiger partial charge in [0, 0.05) is 45.0 Å². The van der Waals surface area contributed by atoms with Gasteiger partial charge in [-0.05, 0) is 25.3 Å². The van der Waals surface area contributed by atoms with Crippen LogP contribution in [0.3, 0.4) is 0 Å². The Morgan fingerprint density at radius 2 is 2.04 bits per heavy atom. The number of rotatable bonds is 5. The molecule has 1 saturated heterocycles. The predicted octanol–water partition coefficient (Wildman–Crippen LogP) is 2.52. The molecule has 6 nitrogen and oxygen atoms in total. The third-order valence-corrected chi connectivity index (χ3v) is 4.98. The highest BCUT2D eigenvalue weighted by Gasteiger charge is 2.28. The standard InChI is InChI=1S/C19H27N5O/c1-15-18(22-14-21-15)13-23-10-8-17(9-11-23)24(19(25)20-2)12-16-6-4-3-5-7-16/h3-7,14,17H,8-13H2,1-2H3,(H,20,25)(H,21,22). The fourth-order valence-electron chi connectivity index (χ4n) is 3.44. The number of nitrogens with zero attached hydrogens (tertiary/aromatic N) is 3. The summed E-state index contributed by atoms with van der Waals surface area (Å²) in [6.07, 6.45) is 3.73. The highest BCUT2D eigenvalue weighted by Crippen LogP contribution is 2.21. The molecule has 134 valence electrons. The Kier molecular flexibility index (Phi) is 5.71. The van der Waals surface area contributed by atoms with Crippen LogP contribution in [0.2, 0.25) is 0 Å². The van der Waals surface area contributed by atoms with Crippen LogP contribution >= 0.6 is 0 Å². The van der Waals surface area contributed by atoms with Crippen molar-refractivity contribution in [3.05, 3.63) is 53.6 Å². The number of aromatic amines is 1. The number of aromatic nitrogens is 2. The number of hydrogen-bond acceptors (Lipinski definition) is 3. The summed E-state index contributed by atoms with van der Waals surface area (Å²) in [6, 6.07) is 10.5. The lowest BCUT2D eigenvalue weighted by molar-refractivity contribution is 0.113. The number of aryl methyl sites for hydroxylation is 1. The minimum absolute atomic E-state index is 0.00505. The summed E-state index contributed by atoms with van der Waals surface area (Å²) in [5, 5.41) is 2.80. The molecule has 1 aromatic carbocycles. The van der Waals surface area contributed by atoms with Gasteiger partial charge in [0.15, 0.2) is 0 Å². The number of amides is 2. The zero-order valence-electron chi connectivity index (χ0n) is 15.0. The molecule has 0 aliphatic carbocycles. The van der Waals surface area contributed by atoms with E-state index in [0.717, 1.165) is 43.9 Å². The number of urea groups is 1. The summed E-state index contributed by atoms with van der Waals surface area (Å²) in [5.74, 6) is 0. The average molecular weight is 341 g/mol. The minimum Gasteiger partial charge on any atom is -0.348 e. The molecule has 2 aromatic rings. The smallest absolute Gasteiger partial charge is 0.317 e. The molecule has 0 saturated carbocycles. The molecule has 0 unspecified atom stereocenters. The summed E-state index contributed by atoms with van der Waals surface area (Å²) in [7, 11) is 1.70. The van der Waals surface area contributed by atoms with E-state index >= 15 is 0 Å². The van der Waals surface area contributed by atoms with Crippen molar-refractivity contribution in [2.75, 3.05) is 20.1 Å². The number of hydrogen-bond donors (Lipinski definition) is 2. The summed E-state index contributed by atoms with van der Waals surface area (Å²) < 4.78 is 0. The normalized spacial score (nSPS) is 15.9. The van der Waals surface area contributed by atoms with Crippen molar-refractivity contribution >= 4 is 6.03 Å². The van der Waals surface area contributed by atoms with Crippen molar-refractivity contribution < 1.29 is 4.79 Å². The van der Waals surface area contributed by atoms with Crippen molar-refractivity contribution in [3.8, 4) is 0 Å². The highest BCUT2D eigenvalue weighted by atomic mass is 16.2. The van der Waals surface area contributed by atoms with Gasteiger partial charge in [0.2, 0.25) is 0 Å². The van der Waals surface area contributed by atoms with Crippen molar-refractivity contribution in [2.24, 2.45) is 0 Å². The third-order valence-electron chi connectivity index (χ3n) is 4.98. The second kappa shape index (κ2) is 8.16. The molecule has 1 aliphatic heterocycles. The summed E-state index contributed by atoms with van der Waals surface area (Å²) in [6.45, 7) is 5.56. The van der Waals surface area contributed by atoms with Gasteiger partial charge in [0.25, 0.3) is 0 Å². The van der Waals surface area contributed by atoms with E-state index in [1.807, 2.05) is 23.1 Å². The molecule has 2 amide bonds. The van der Waals surface area contributed by atoms with E-state index in [9.17, 15) is 4.79 Å². The molecule has 1 aliphatic rings. The molecule has 25 heavy (non-hydrogen) atoms. The van der Waals surface area contributed by atoms with Gasteiger partial charge in [-0.3, -0.25) is 4.90 Å². The molecule has 1 fully saturated rings. The second-order valence-corrected chi connectivity index (χ2v) is 6.65. The first-order valence-corrected chi connectivity index (χ1v) is 8.91.